The fourth-order valence-electron chi connectivity index (χ4n) is 2.95. The Morgan fingerprint density at radius 1 is 1.47 bits per heavy atom. The van der Waals surface area contributed by atoms with E-state index in [4.69, 9.17) is 0 Å². The Balaban J connectivity index is 1.83. The van der Waals surface area contributed by atoms with Gasteiger partial charge in [-0.3, -0.25) is 0 Å². The summed E-state index contributed by atoms with van der Waals surface area (Å²) in [6.45, 7) is 9.85. The molecule has 3 heteroatoms. The van der Waals surface area contributed by atoms with Crippen LogP contribution in [0.2, 0.25) is 0 Å². The average Bonchev–Trinajstić information content (AvgIpc) is 2.73. The van der Waals surface area contributed by atoms with Crippen LogP contribution in [0, 0.1) is 11.8 Å². The molecule has 0 aromatic heterocycles. The molecule has 1 N–H and O–H groups in total. The highest BCUT2D eigenvalue weighted by Gasteiger charge is 2.24. The number of thioether (sulfide) groups is 1. The Labute approximate surface area is 111 Å². The number of nitrogens with one attached hydrogen (secondary N) is 1. The van der Waals surface area contributed by atoms with E-state index in [9.17, 15) is 0 Å². The van der Waals surface area contributed by atoms with Crippen molar-refractivity contribution in [1.82, 2.24) is 10.2 Å². The second-order valence-electron chi connectivity index (χ2n) is 5.79. The van der Waals surface area contributed by atoms with E-state index < -0.39 is 0 Å². The van der Waals surface area contributed by atoms with Gasteiger partial charge in [0.1, 0.15) is 0 Å². The lowest BCUT2D eigenvalue weighted by Gasteiger charge is -2.29. The van der Waals surface area contributed by atoms with E-state index in [0.717, 1.165) is 17.9 Å². The molecule has 17 heavy (non-hydrogen) atoms. The van der Waals surface area contributed by atoms with E-state index in [2.05, 4.69) is 35.8 Å². The molecule has 2 aliphatic rings. The van der Waals surface area contributed by atoms with E-state index in [1.165, 1.54) is 56.9 Å². The molecule has 3 atom stereocenters. The molecular weight excluding hydrogens is 228 g/mol. The van der Waals surface area contributed by atoms with Gasteiger partial charge in [-0.2, -0.15) is 11.8 Å². The van der Waals surface area contributed by atoms with Crippen LogP contribution in [-0.4, -0.2) is 48.6 Å². The van der Waals surface area contributed by atoms with Crippen molar-refractivity contribution in [1.29, 1.82) is 0 Å². The largest absolute Gasteiger partial charge is 0.312 e. The van der Waals surface area contributed by atoms with Gasteiger partial charge in [0.15, 0.2) is 0 Å². The van der Waals surface area contributed by atoms with Crippen molar-refractivity contribution >= 4 is 11.8 Å². The van der Waals surface area contributed by atoms with E-state index in [-0.39, 0.29) is 0 Å². The minimum Gasteiger partial charge on any atom is -0.312 e. The van der Waals surface area contributed by atoms with Gasteiger partial charge in [-0.25, -0.2) is 0 Å². The average molecular weight is 256 g/mol. The summed E-state index contributed by atoms with van der Waals surface area (Å²) in [7, 11) is 0. The predicted octanol–water partition coefficient (Wildman–Crippen LogP) is 2.45. The quantitative estimate of drug-likeness (QED) is 0.832. The van der Waals surface area contributed by atoms with Crippen LogP contribution in [0.25, 0.3) is 0 Å². The maximum absolute atomic E-state index is 3.74. The lowest BCUT2D eigenvalue weighted by Crippen LogP contribution is -2.43. The summed E-state index contributed by atoms with van der Waals surface area (Å²) >= 11 is 2.15. The monoisotopic (exact) mass is 256 g/mol. The van der Waals surface area contributed by atoms with Gasteiger partial charge in [-0.05, 0) is 49.3 Å². The van der Waals surface area contributed by atoms with E-state index >= 15 is 0 Å². The van der Waals surface area contributed by atoms with Crippen molar-refractivity contribution in [3.05, 3.63) is 0 Å². The Hall–Kier alpha value is 0.270. The fraction of sp³-hybridized carbons (Fsp3) is 1.00. The molecule has 0 radical (unpaired) electrons. The summed E-state index contributed by atoms with van der Waals surface area (Å²) in [6.07, 6.45) is 4.07. The second kappa shape index (κ2) is 7.01. The summed E-state index contributed by atoms with van der Waals surface area (Å²) in [6, 6.07) is 0.719. The summed E-state index contributed by atoms with van der Waals surface area (Å²) in [5, 5.41) is 3.74. The van der Waals surface area contributed by atoms with Crippen molar-refractivity contribution in [2.45, 2.75) is 39.2 Å². The molecule has 2 aliphatic heterocycles. The van der Waals surface area contributed by atoms with Crippen molar-refractivity contribution in [3.8, 4) is 0 Å². The molecule has 0 aromatic rings. The van der Waals surface area contributed by atoms with E-state index in [0.29, 0.717) is 0 Å². The highest BCUT2D eigenvalue weighted by atomic mass is 32.2. The Morgan fingerprint density at radius 3 is 3.06 bits per heavy atom. The van der Waals surface area contributed by atoms with Gasteiger partial charge in [-0.1, -0.05) is 20.3 Å². The molecule has 0 aliphatic carbocycles. The van der Waals surface area contributed by atoms with Gasteiger partial charge in [0.05, 0.1) is 0 Å². The third-order valence-electron chi connectivity index (χ3n) is 4.38. The van der Waals surface area contributed by atoms with Gasteiger partial charge in [0, 0.05) is 19.1 Å². The molecule has 0 bridgehead atoms. The highest BCUT2D eigenvalue weighted by Crippen LogP contribution is 2.25. The maximum Gasteiger partial charge on any atom is 0.0220 e. The van der Waals surface area contributed by atoms with Crippen LogP contribution in [0.5, 0.6) is 0 Å². The summed E-state index contributed by atoms with van der Waals surface area (Å²) in [5.74, 6) is 4.58. The van der Waals surface area contributed by atoms with Crippen LogP contribution < -0.4 is 5.32 Å². The zero-order valence-corrected chi connectivity index (χ0v) is 12.3. The molecule has 0 spiro atoms. The maximum atomic E-state index is 3.74. The minimum absolute atomic E-state index is 0.719. The molecule has 2 rings (SSSR count). The molecule has 100 valence electrons. The van der Waals surface area contributed by atoms with Gasteiger partial charge in [0.2, 0.25) is 0 Å². The molecule has 3 unspecified atom stereocenters. The zero-order chi connectivity index (χ0) is 12.1. The van der Waals surface area contributed by atoms with Crippen molar-refractivity contribution in [2.24, 2.45) is 11.8 Å². The first-order chi connectivity index (χ1) is 8.29. The molecule has 2 saturated heterocycles. The lowest BCUT2D eigenvalue weighted by molar-refractivity contribution is 0.214. The van der Waals surface area contributed by atoms with Crippen LogP contribution in [0.3, 0.4) is 0 Å². The number of hydrogen-bond donors (Lipinski definition) is 1. The van der Waals surface area contributed by atoms with Gasteiger partial charge < -0.3 is 10.2 Å². The minimum atomic E-state index is 0.719. The van der Waals surface area contributed by atoms with Gasteiger partial charge in [-0.15, -0.1) is 0 Å². The Bertz CT molecular complexity index is 216. The fourth-order valence-corrected chi connectivity index (χ4v) is 4.22. The van der Waals surface area contributed by atoms with E-state index in [1.807, 2.05) is 0 Å². The molecule has 0 saturated carbocycles. The zero-order valence-electron chi connectivity index (χ0n) is 11.5. The number of nitrogens with zero attached hydrogens (tertiary/aromatic N) is 1. The summed E-state index contributed by atoms with van der Waals surface area (Å²) in [4.78, 5) is 2.73. The van der Waals surface area contributed by atoms with Crippen LogP contribution in [0.1, 0.15) is 33.1 Å². The van der Waals surface area contributed by atoms with Crippen LogP contribution in [0.15, 0.2) is 0 Å². The molecular formula is C14H28N2S. The molecule has 2 nitrogen and oxygen atoms in total. The highest BCUT2D eigenvalue weighted by molar-refractivity contribution is 7.99. The molecule has 0 aromatic carbocycles. The first-order valence-electron chi connectivity index (χ1n) is 7.33. The van der Waals surface area contributed by atoms with Crippen LogP contribution in [-0.2, 0) is 0 Å². The van der Waals surface area contributed by atoms with Crippen LogP contribution >= 0.6 is 11.8 Å². The smallest absolute Gasteiger partial charge is 0.0220 e. The third kappa shape index (κ3) is 4.15. The summed E-state index contributed by atoms with van der Waals surface area (Å²) < 4.78 is 0. The summed E-state index contributed by atoms with van der Waals surface area (Å²) in [5.41, 5.74) is 0. The number of rotatable bonds is 4. The predicted molar refractivity (Wildman–Crippen MR) is 77.7 cm³/mol. The lowest BCUT2D eigenvalue weighted by atomic mass is 9.98. The third-order valence-corrected chi connectivity index (χ3v) is 5.62. The molecule has 2 fully saturated rings. The van der Waals surface area contributed by atoms with E-state index in [1.54, 1.807) is 0 Å². The van der Waals surface area contributed by atoms with Gasteiger partial charge in [0.25, 0.3) is 0 Å². The Kier molecular flexibility index (Phi) is 5.64. The Morgan fingerprint density at radius 2 is 2.35 bits per heavy atom. The normalized spacial score (nSPS) is 33.5. The SMILES string of the molecule is CCC(C)C1CN(CC2CCSC2)CCCN1. The van der Waals surface area contributed by atoms with Crippen molar-refractivity contribution < 1.29 is 0 Å². The van der Waals surface area contributed by atoms with Crippen LogP contribution in [0.4, 0.5) is 0 Å². The first kappa shape index (κ1) is 13.7. The topological polar surface area (TPSA) is 15.3 Å². The molecule has 2 heterocycles. The first-order valence-corrected chi connectivity index (χ1v) is 8.48. The standard InChI is InChI=1S/C14H28N2S/c1-3-12(2)14-10-16(7-4-6-15-14)9-13-5-8-17-11-13/h12-15H,3-11H2,1-2H3. The van der Waals surface area contributed by atoms with Gasteiger partial charge >= 0.3 is 0 Å². The second-order valence-corrected chi connectivity index (χ2v) is 6.94. The van der Waals surface area contributed by atoms with Crippen molar-refractivity contribution in [2.75, 3.05) is 37.7 Å². The van der Waals surface area contributed by atoms with Crippen molar-refractivity contribution in [3.63, 3.8) is 0 Å². The molecule has 0 amide bonds. The number of hydrogen-bond acceptors (Lipinski definition) is 3.